The lowest BCUT2D eigenvalue weighted by Gasteiger charge is -2.20. The molecule has 1 aliphatic heterocycles. The van der Waals surface area contributed by atoms with Gasteiger partial charge in [-0.3, -0.25) is 19.2 Å². The third kappa shape index (κ3) is 6.18. The van der Waals surface area contributed by atoms with Crippen LogP contribution >= 0.6 is 0 Å². The monoisotopic (exact) mass is 388 g/mol. The average Bonchev–Trinajstić information content (AvgIpc) is 2.86. The highest BCUT2D eigenvalue weighted by Gasteiger charge is 2.24. The Labute approximate surface area is 165 Å². The molecule has 1 aromatic rings. The van der Waals surface area contributed by atoms with Gasteiger partial charge in [-0.25, -0.2) is 0 Å². The molecule has 152 valence electrons. The highest BCUT2D eigenvalue weighted by Crippen LogP contribution is 2.15. The lowest BCUT2D eigenvalue weighted by atomic mass is 10.1. The van der Waals surface area contributed by atoms with Crippen LogP contribution in [0.2, 0.25) is 0 Å². The lowest BCUT2D eigenvalue weighted by Crippen LogP contribution is -2.37. The minimum atomic E-state index is -0.953. The Morgan fingerprint density at radius 1 is 1.07 bits per heavy atom. The molecule has 1 aromatic carbocycles. The maximum absolute atomic E-state index is 12.5. The Balaban J connectivity index is 1.90. The number of anilines is 1. The van der Waals surface area contributed by atoms with Crippen LogP contribution in [-0.4, -0.2) is 47.7 Å². The summed E-state index contributed by atoms with van der Waals surface area (Å²) in [4.78, 5) is 49.8. The Bertz CT molecular complexity index is 727. The van der Waals surface area contributed by atoms with Gasteiger partial charge >= 0.3 is 5.97 Å². The molecule has 0 spiro atoms. The van der Waals surface area contributed by atoms with Crippen molar-refractivity contribution in [3.63, 3.8) is 0 Å². The van der Waals surface area contributed by atoms with E-state index in [0.717, 1.165) is 19.3 Å². The standard InChI is InChI=1S/C21H28N2O5/c1-14(2)21(27)22-17-10-8-16(9-11-17)20(26)15(3)28-19(25)13-23-12-6-4-5-7-18(23)24/h8-11,14-15H,4-7,12-13H2,1-3H3,(H,22,27)/t15-/m1/s1. The van der Waals surface area contributed by atoms with E-state index < -0.39 is 12.1 Å². The number of nitrogens with one attached hydrogen (secondary N) is 1. The maximum Gasteiger partial charge on any atom is 0.326 e. The van der Waals surface area contributed by atoms with Crippen LogP contribution in [0.15, 0.2) is 24.3 Å². The molecule has 7 nitrogen and oxygen atoms in total. The van der Waals surface area contributed by atoms with Crippen molar-refractivity contribution >= 4 is 29.3 Å². The molecule has 2 amide bonds. The second-order valence-corrected chi connectivity index (χ2v) is 7.34. The molecule has 0 aliphatic carbocycles. The molecular formula is C21H28N2O5. The number of carbonyl (C=O) groups is 4. The summed E-state index contributed by atoms with van der Waals surface area (Å²) in [6, 6.07) is 6.44. The van der Waals surface area contributed by atoms with Crippen LogP contribution in [0.5, 0.6) is 0 Å². The molecule has 7 heteroatoms. The third-order valence-electron chi connectivity index (χ3n) is 4.63. The van der Waals surface area contributed by atoms with Gasteiger partial charge in [-0.05, 0) is 44.0 Å². The first kappa shape index (κ1) is 21.6. The van der Waals surface area contributed by atoms with Gasteiger partial charge in [-0.15, -0.1) is 0 Å². The Morgan fingerprint density at radius 2 is 1.75 bits per heavy atom. The van der Waals surface area contributed by atoms with Crippen LogP contribution in [0.3, 0.4) is 0 Å². The average molecular weight is 388 g/mol. The molecule has 28 heavy (non-hydrogen) atoms. The molecule has 1 N–H and O–H groups in total. The fourth-order valence-corrected chi connectivity index (χ4v) is 2.89. The van der Waals surface area contributed by atoms with Crippen LogP contribution in [0, 0.1) is 5.92 Å². The number of hydrogen-bond acceptors (Lipinski definition) is 5. The van der Waals surface area contributed by atoms with Crippen LogP contribution in [0.25, 0.3) is 0 Å². The number of nitrogens with zero attached hydrogens (tertiary/aromatic N) is 1. The van der Waals surface area contributed by atoms with Crippen LogP contribution in [0.1, 0.15) is 56.8 Å². The first-order valence-corrected chi connectivity index (χ1v) is 9.70. The summed E-state index contributed by atoms with van der Waals surface area (Å²) >= 11 is 0. The van der Waals surface area contributed by atoms with E-state index in [1.807, 2.05) is 0 Å². The summed E-state index contributed by atoms with van der Waals surface area (Å²) in [5.41, 5.74) is 0.980. The summed E-state index contributed by atoms with van der Waals surface area (Å²) in [6.45, 7) is 5.51. The molecule has 0 saturated carbocycles. The number of ether oxygens (including phenoxy) is 1. The normalized spacial score (nSPS) is 15.7. The van der Waals surface area contributed by atoms with Crippen molar-refractivity contribution in [2.75, 3.05) is 18.4 Å². The van der Waals surface area contributed by atoms with Crippen molar-refractivity contribution in [3.8, 4) is 0 Å². The fourth-order valence-electron chi connectivity index (χ4n) is 2.89. The molecule has 1 saturated heterocycles. The maximum atomic E-state index is 12.5. The molecule has 0 aromatic heterocycles. The first-order chi connectivity index (χ1) is 13.3. The van der Waals surface area contributed by atoms with Crippen molar-refractivity contribution in [1.29, 1.82) is 0 Å². The summed E-state index contributed by atoms with van der Waals surface area (Å²) in [5, 5.41) is 2.75. The van der Waals surface area contributed by atoms with Gasteiger partial charge in [0.2, 0.25) is 17.6 Å². The van der Waals surface area contributed by atoms with Crippen molar-refractivity contribution in [3.05, 3.63) is 29.8 Å². The fraction of sp³-hybridized carbons (Fsp3) is 0.524. The summed E-state index contributed by atoms with van der Waals surface area (Å²) in [6.07, 6.45) is 2.17. The topological polar surface area (TPSA) is 92.8 Å². The van der Waals surface area contributed by atoms with Crippen molar-refractivity contribution in [1.82, 2.24) is 4.90 Å². The summed E-state index contributed by atoms with van der Waals surface area (Å²) in [5.74, 6) is -1.22. The number of likely N-dealkylation sites (tertiary alicyclic amines) is 1. The SMILES string of the molecule is CC(C)C(=O)Nc1ccc(C(=O)[C@@H](C)OC(=O)CN2CCCCCC2=O)cc1. The van der Waals surface area contributed by atoms with Gasteiger partial charge < -0.3 is 15.0 Å². The van der Waals surface area contributed by atoms with E-state index in [2.05, 4.69) is 5.32 Å². The molecule has 0 radical (unpaired) electrons. The highest BCUT2D eigenvalue weighted by atomic mass is 16.5. The van der Waals surface area contributed by atoms with Gasteiger partial charge in [0, 0.05) is 30.1 Å². The zero-order chi connectivity index (χ0) is 20.7. The van der Waals surface area contributed by atoms with E-state index in [9.17, 15) is 19.2 Å². The van der Waals surface area contributed by atoms with E-state index in [4.69, 9.17) is 4.74 Å². The minimum absolute atomic E-state index is 0.0486. The number of hydrogen-bond donors (Lipinski definition) is 1. The first-order valence-electron chi connectivity index (χ1n) is 9.70. The second-order valence-electron chi connectivity index (χ2n) is 7.34. The van der Waals surface area contributed by atoms with Crippen LogP contribution < -0.4 is 5.32 Å². The Morgan fingerprint density at radius 3 is 2.39 bits per heavy atom. The summed E-state index contributed by atoms with van der Waals surface area (Å²) in [7, 11) is 0. The Hall–Kier alpha value is -2.70. The van der Waals surface area contributed by atoms with E-state index in [1.54, 1.807) is 38.1 Å². The molecule has 1 heterocycles. The number of ketones is 1. The van der Waals surface area contributed by atoms with Gasteiger partial charge in [0.1, 0.15) is 6.54 Å². The van der Waals surface area contributed by atoms with Crippen LogP contribution in [-0.2, 0) is 19.1 Å². The molecule has 1 atom stereocenters. The highest BCUT2D eigenvalue weighted by molar-refractivity contribution is 6.01. The van der Waals surface area contributed by atoms with E-state index in [1.165, 1.54) is 11.8 Å². The second kappa shape index (κ2) is 10.0. The van der Waals surface area contributed by atoms with Gasteiger partial charge in [0.15, 0.2) is 6.10 Å². The quantitative estimate of drug-likeness (QED) is 0.573. The van der Waals surface area contributed by atoms with E-state index >= 15 is 0 Å². The number of esters is 1. The molecule has 2 rings (SSSR count). The zero-order valence-corrected chi connectivity index (χ0v) is 16.7. The third-order valence-corrected chi connectivity index (χ3v) is 4.63. The van der Waals surface area contributed by atoms with Gasteiger partial charge in [0.05, 0.1) is 0 Å². The molecule has 0 unspecified atom stereocenters. The zero-order valence-electron chi connectivity index (χ0n) is 16.7. The van der Waals surface area contributed by atoms with E-state index in [-0.39, 0.29) is 30.1 Å². The molecule has 0 bridgehead atoms. The Kier molecular flexibility index (Phi) is 7.72. The molecular weight excluding hydrogens is 360 g/mol. The molecule has 1 fully saturated rings. The van der Waals surface area contributed by atoms with Crippen molar-refractivity contribution < 1.29 is 23.9 Å². The van der Waals surface area contributed by atoms with Gasteiger partial charge in [-0.1, -0.05) is 20.3 Å². The largest absolute Gasteiger partial charge is 0.453 e. The molecule has 1 aliphatic rings. The number of rotatable bonds is 7. The smallest absolute Gasteiger partial charge is 0.326 e. The predicted molar refractivity (Wildman–Crippen MR) is 105 cm³/mol. The number of amides is 2. The summed E-state index contributed by atoms with van der Waals surface area (Å²) < 4.78 is 5.23. The van der Waals surface area contributed by atoms with Crippen molar-refractivity contribution in [2.24, 2.45) is 5.92 Å². The predicted octanol–water partition coefficient (Wildman–Crippen LogP) is 2.80. The van der Waals surface area contributed by atoms with Crippen molar-refractivity contribution in [2.45, 2.75) is 52.6 Å². The van der Waals surface area contributed by atoms with E-state index in [0.29, 0.717) is 24.2 Å². The number of benzene rings is 1. The number of Topliss-reactive ketones (excluding diaryl/α,β-unsaturated/α-hetero) is 1. The van der Waals surface area contributed by atoms with Crippen LogP contribution in [0.4, 0.5) is 5.69 Å². The number of carbonyl (C=O) groups excluding carboxylic acids is 4. The van der Waals surface area contributed by atoms with Gasteiger partial charge in [0.25, 0.3) is 0 Å². The lowest BCUT2D eigenvalue weighted by molar-refractivity contribution is -0.151. The minimum Gasteiger partial charge on any atom is -0.453 e. The van der Waals surface area contributed by atoms with Gasteiger partial charge in [-0.2, -0.15) is 0 Å².